The van der Waals surface area contributed by atoms with Gasteiger partial charge in [-0.1, -0.05) is 0 Å². The number of carboxylic acid groups (broad SMARTS) is 1. The Labute approximate surface area is 69.6 Å². The molecule has 0 rings (SSSR count). The molecule has 5 heteroatoms. The molecule has 1 unspecified atom stereocenters. The molecule has 0 radical (unpaired) electrons. The van der Waals surface area contributed by atoms with Crippen molar-refractivity contribution in [3.05, 3.63) is 0 Å². The summed E-state index contributed by atoms with van der Waals surface area (Å²) < 4.78 is 0. The monoisotopic (exact) mass is 176 g/mol. The van der Waals surface area contributed by atoms with Crippen LogP contribution in [0.15, 0.2) is 0 Å². The van der Waals surface area contributed by atoms with Gasteiger partial charge in [0.15, 0.2) is 5.60 Å². The summed E-state index contributed by atoms with van der Waals surface area (Å²) in [6, 6.07) is 0. The van der Waals surface area contributed by atoms with Crippen LogP contribution in [0.5, 0.6) is 0 Å². The zero-order valence-corrected chi connectivity index (χ0v) is 6.73. The molecule has 0 aromatic heterocycles. The number of aliphatic hydroxyl groups excluding tert-OH is 1. The Kier molecular flexibility index (Phi) is 3.85. The van der Waals surface area contributed by atoms with Gasteiger partial charge in [-0.15, -0.1) is 0 Å². The second-order valence-electron chi connectivity index (χ2n) is 2.82. The predicted octanol–water partition coefficient (Wildman–Crippen LogP) is -0.838. The molecule has 0 aromatic rings. The van der Waals surface area contributed by atoms with Crippen LogP contribution in [0.25, 0.3) is 0 Å². The third-order valence-electron chi connectivity index (χ3n) is 1.54. The maximum absolute atomic E-state index is 10.3. The van der Waals surface area contributed by atoms with Gasteiger partial charge in [0.25, 0.3) is 0 Å². The van der Waals surface area contributed by atoms with Crippen LogP contribution in [0.1, 0.15) is 19.8 Å². The van der Waals surface area contributed by atoms with E-state index < -0.39 is 17.7 Å². The van der Waals surface area contributed by atoms with Crippen LogP contribution in [-0.4, -0.2) is 39.3 Å². The predicted molar refractivity (Wildman–Crippen MR) is 39.6 cm³/mol. The van der Waals surface area contributed by atoms with Gasteiger partial charge in [0.2, 0.25) is 0 Å². The van der Waals surface area contributed by atoms with Crippen molar-refractivity contribution in [2.45, 2.75) is 31.5 Å². The fraction of sp³-hybridized carbons (Fsp3) is 0.714. The molecule has 0 bridgehead atoms. The lowest BCUT2D eigenvalue weighted by Gasteiger charge is -2.17. The molecule has 0 fully saturated rings. The van der Waals surface area contributed by atoms with Crippen molar-refractivity contribution in [2.75, 3.05) is 0 Å². The summed E-state index contributed by atoms with van der Waals surface area (Å²) in [6.45, 7) is 1.12. The number of aldehydes is 1. The molecule has 70 valence electrons. The molecule has 2 atom stereocenters. The van der Waals surface area contributed by atoms with E-state index in [2.05, 4.69) is 0 Å². The van der Waals surface area contributed by atoms with Gasteiger partial charge in [-0.25, -0.2) is 4.79 Å². The van der Waals surface area contributed by atoms with E-state index in [0.717, 1.165) is 6.92 Å². The van der Waals surface area contributed by atoms with E-state index >= 15 is 0 Å². The van der Waals surface area contributed by atoms with E-state index in [-0.39, 0.29) is 12.8 Å². The molecule has 0 amide bonds. The largest absolute Gasteiger partial charge is 0.479 e. The topological polar surface area (TPSA) is 94.8 Å². The highest BCUT2D eigenvalue weighted by atomic mass is 16.4. The third-order valence-corrected chi connectivity index (χ3v) is 1.54. The van der Waals surface area contributed by atoms with Gasteiger partial charge in [-0.05, 0) is 19.8 Å². The van der Waals surface area contributed by atoms with E-state index in [1.54, 1.807) is 0 Å². The molecule has 0 aliphatic heterocycles. The molecule has 0 heterocycles. The number of carbonyl (C=O) groups is 2. The summed E-state index contributed by atoms with van der Waals surface area (Å²) in [5.41, 5.74) is -1.87. The normalized spacial score (nSPS) is 17.9. The molecule has 3 N–H and O–H groups in total. The summed E-state index contributed by atoms with van der Waals surface area (Å²) in [4.78, 5) is 20.2. The number of carbonyl (C=O) groups excluding carboxylic acids is 1. The number of aliphatic carboxylic acids is 1. The van der Waals surface area contributed by atoms with Crippen molar-refractivity contribution >= 4 is 12.3 Å². The zero-order valence-electron chi connectivity index (χ0n) is 6.73. The number of rotatable bonds is 5. The minimum atomic E-state index is -1.87. The quantitative estimate of drug-likeness (QED) is 0.475. The molecule has 0 saturated heterocycles. The molecular weight excluding hydrogens is 164 g/mol. The highest BCUT2D eigenvalue weighted by Gasteiger charge is 2.29. The number of carboxylic acids is 1. The van der Waals surface area contributed by atoms with E-state index in [1.165, 1.54) is 0 Å². The molecule has 0 saturated carbocycles. The number of hydrogen-bond acceptors (Lipinski definition) is 4. The lowest BCUT2D eigenvalue weighted by Crippen LogP contribution is -2.35. The van der Waals surface area contributed by atoms with Crippen molar-refractivity contribution in [3.63, 3.8) is 0 Å². The van der Waals surface area contributed by atoms with Gasteiger partial charge in [0, 0.05) is 0 Å². The lowest BCUT2D eigenvalue weighted by molar-refractivity contribution is -0.157. The van der Waals surface area contributed by atoms with E-state index in [1.807, 2.05) is 0 Å². The van der Waals surface area contributed by atoms with Crippen LogP contribution < -0.4 is 0 Å². The Hall–Kier alpha value is -0.940. The Morgan fingerprint density at radius 2 is 2.17 bits per heavy atom. The fourth-order valence-corrected chi connectivity index (χ4v) is 0.604. The van der Waals surface area contributed by atoms with Gasteiger partial charge < -0.3 is 20.1 Å². The highest BCUT2D eigenvalue weighted by molar-refractivity contribution is 5.76. The Morgan fingerprint density at radius 3 is 2.50 bits per heavy atom. The first-order valence-corrected chi connectivity index (χ1v) is 3.49. The Balaban J connectivity index is 3.91. The summed E-state index contributed by atoms with van der Waals surface area (Å²) >= 11 is 0. The average molecular weight is 176 g/mol. The second-order valence-corrected chi connectivity index (χ2v) is 2.82. The summed E-state index contributed by atoms with van der Waals surface area (Å²) in [5, 5.41) is 26.2. The van der Waals surface area contributed by atoms with Crippen LogP contribution in [0.3, 0.4) is 0 Å². The first kappa shape index (κ1) is 11.1. The molecule has 0 aliphatic carbocycles. The van der Waals surface area contributed by atoms with Crippen LogP contribution in [0.4, 0.5) is 0 Å². The van der Waals surface area contributed by atoms with Crippen molar-refractivity contribution in [1.82, 2.24) is 0 Å². The molecule has 0 spiro atoms. The lowest BCUT2D eigenvalue weighted by atomic mass is 9.99. The summed E-state index contributed by atoms with van der Waals surface area (Å²) in [5.74, 6) is -1.36. The van der Waals surface area contributed by atoms with Gasteiger partial charge in [-0.2, -0.15) is 0 Å². The van der Waals surface area contributed by atoms with Crippen LogP contribution in [0, 0.1) is 0 Å². The summed E-state index contributed by atoms with van der Waals surface area (Å²) in [6.07, 6.45) is -1.10. The second kappa shape index (κ2) is 4.18. The minimum absolute atomic E-state index is 0.0528. The Morgan fingerprint density at radius 1 is 1.67 bits per heavy atom. The van der Waals surface area contributed by atoms with Crippen LogP contribution >= 0.6 is 0 Å². The first-order chi connectivity index (χ1) is 5.40. The average Bonchev–Trinajstić information content (AvgIpc) is 2.00. The van der Waals surface area contributed by atoms with Crippen molar-refractivity contribution in [3.8, 4) is 0 Å². The smallest absolute Gasteiger partial charge is 0.335 e. The maximum Gasteiger partial charge on any atom is 0.335 e. The molecule has 0 aliphatic rings. The van der Waals surface area contributed by atoms with Crippen molar-refractivity contribution < 1.29 is 24.9 Å². The minimum Gasteiger partial charge on any atom is -0.479 e. The van der Waals surface area contributed by atoms with Crippen LogP contribution in [0.2, 0.25) is 0 Å². The molecule has 0 aromatic carbocycles. The van der Waals surface area contributed by atoms with Crippen LogP contribution in [-0.2, 0) is 9.59 Å². The van der Waals surface area contributed by atoms with E-state index in [4.69, 9.17) is 15.3 Å². The fourth-order valence-electron chi connectivity index (χ4n) is 0.604. The van der Waals surface area contributed by atoms with E-state index in [9.17, 15) is 9.59 Å². The molecule has 5 nitrogen and oxygen atoms in total. The SMILES string of the molecule is CC(O)(CC[C@H](O)C=O)C(=O)O. The standard InChI is InChI=1S/C7H12O5/c1-7(12,6(10)11)3-2-5(9)4-8/h4-5,9,12H,2-3H2,1H3,(H,10,11)/t5-,7?/m0/s1. The van der Waals surface area contributed by atoms with E-state index in [0.29, 0.717) is 6.29 Å². The number of hydrogen-bond donors (Lipinski definition) is 3. The molecule has 12 heavy (non-hydrogen) atoms. The van der Waals surface area contributed by atoms with Crippen molar-refractivity contribution in [2.24, 2.45) is 0 Å². The zero-order chi connectivity index (χ0) is 9.78. The van der Waals surface area contributed by atoms with Gasteiger partial charge >= 0.3 is 5.97 Å². The first-order valence-electron chi connectivity index (χ1n) is 3.49. The number of aliphatic hydroxyl groups is 2. The molecular formula is C7H12O5. The maximum atomic E-state index is 10.3. The van der Waals surface area contributed by atoms with Crippen molar-refractivity contribution in [1.29, 1.82) is 0 Å². The van der Waals surface area contributed by atoms with Gasteiger partial charge in [0.1, 0.15) is 12.4 Å². The van der Waals surface area contributed by atoms with Gasteiger partial charge in [-0.3, -0.25) is 0 Å². The third kappa shape index (κ3) is 3.45. The Bertz CT molecular complexity index is 175. The van der Waals surface area contributed by atoms with Gasteiger partial charge in [0.05, 0.1) is 0 Å². The highest BCUT2D eigenvalue weighted by Crippen LogP contribution is 2.12. The summed E-state index contributed by atoms with van der Waals surface area (Å²) in [7, 11) is 0.